The maximum atomic E-state index is 5.90. The fraction of sp³-hybridized carbons (Fsp3) is 0.800. The molecular weight excluding hydrogens is 178 g/mol. The smallest absolute Gasteiger partial charge is 0.243 e. The lowest BCUT2D eigenvalue weighted by Crippen LogP contribution is -2.17. The molecule has 0 fully saturated rings. The summed E-state index contributed by atoms with van der Waals surface area (Å²) in [6, 6.07) is -0.152. The molecule has 0 aliphatic heterocycles. The summed E-state index contributed by atoms with van der Waals surface area (Å²) in [5, 5.41) is 3.92. The third-order valence-corrected chi connectivity index (χ3v) is 2.51. The van der Waals surface area contributed by atoms with Crippen LogP contribution in [0.3, 0.4) is 0 Å². The van der Waals surface area contributed by atoms with Gasteiger partial charge in [0.25, 0.3) is 0 Å². The number of nitrogens with two attached hydrogens (primary N) is 1. The zero-order valence-electron chi connectivity index (χ0n) is 9.32. The first-order valence-electron chi connectivity index (χ1n) is 5.15. The number of rotatable bonds is 4. The van der Waals surface area contributed by atoms with Crippen molar-refractivity contribution in [1.29, 1.82) is 0 Å². The van der Waals surface area contributed by atoms with Crippen LogP contribution in [0.5, 0.6) is 0 Å². The zero-order valence-corrected chi connectivity index (χ0v) is 9.32. The van der Waals surface area contributed by atoms with Crippen LogP contribution in [0.25, 0.3) is 0 Å². The molecule has 4 heteroatoms. The van der Waals surface area contributed by atoms with Crippen molar-refractivity contribution in [1.82, 2.24) is 10.1 Å². The highest BCUT2D eigenvalue weighted by Gasteiger charge is 2.19. The Morgan fingerprint density at radius 2 is 2.00 bits per heavy atom. The number of hydrogen-bond acceptors (Lipinski definition) is 4. The van der Waals surface area contributed by atoms with Crippen LogP contribution in [0.4, 0.5) is 0 Å². The quantitative estimate of drug-likeness (QED) is 0.803. The summed E-state index contributed by atoms with van der Waals surface area (Å²) in [6.07, 6.45) is 1.01. The van der Waals surface area contributed by atoms with E-state index in [0.29, 0.717) is 17.7 Å². The van der Waals surface area contributed by atoms with Crippen LogP contribution in [-0.2, 0) is 0 Å². The second kappa shape index (κ2) is 4.55. The van der Waals surface area contributed by atoms with Gasteiger partial charge in [-0.15, -0.1) is 0 Å². The van der Waals surface area contributed by atoms with E-state index in [1.54, 1.807) is 0 Å². The minimum Gasteiger partial charge on any atom is -0.338 e. The predicted octanol–water partition coefficient (Wildman–Crippen LogP) is 2.24. The normalized spacial score (nSPS) is 15.9. The second-order valence-electron chi connectivity index (χ2n) is 4.07. The van der Waals surface area contributed by atoms with E-state index >= 15 is 0 Å². The Balaban J connectivity index is 2.77. The lowest BCUT2D eigenvalue weighted by Gasteiger charge is -2.09. The van der Waals surface area contributed by atoms with E-state index in [9.17, 15) is 0 Å². The van der Waals surface area contributed by atoms with E-state index in [-0.39, 0.29) is 6.04 Å². The van der Waals surface area contributed by atoms with Crippen molar-refractivity contribution >= 4 is 0 Å². The number of aromatic nitrogens is 2. The third-order valence-electron chi connectivity index (χ3n) is 2.51. The fourth-order valence-corrected chi connectivity index (χ4v) is 1.05. The lowest BCUT2D eigenvalue weighted by molar-refractivity contribution is 0.321. The average Bonchev–Trinajstić information content (AvgIpc) is 2.64. The zero-order chi connectivity index (χ0) is 10.7. The molecule has 0 spiro atoms. The van der Waals surface area contributed by atoms with Crippen LogP contribution >= 0.6 is 0 Å². The van der Waals surface area contributed by atoms with Gasteiger partial charge in [-0.1, -0.05) is 32.9 Å². The Kier molecular flexibility index (Phi) is 3.63. The first-order chi connectivity index (χ1) is 6.56. The minimum atomic E-state index is -0.152. The molecule has 4 nitrogen and oxygen atoms in total. The van der Waals surface area contributed by atoms with Crippen LogP contribution in [0.2, 0.25) is 0 Å². The highest BCUT2D eigenvalue weighted by atomic mass is 16.5. The van der Waals surface area contributed by atoms with Crippen LogP contribution in [0.1, 0.15) is 57.8 Å². The molecule has 2 N–H and O–H groups in total. The van der Waals surface area contributed by atoms with Gasteiger partial charge in [0.1, 0.15) is 0 Å². The second-order valence-corrected chi connectivity index (χ2v) is 4.07. The standard InChI is InChI=1S/C10H19N3O/c1-5-7(4)9-12-10(14-13-9)8(11)6(2)3/h6-8H,5,11H2,1-4H3/t7?,8-/m1/s1. The number of hydrogen-bond donors (Lipinski definition) is 1. The molecule has 1 aromatic rings. The lowest BCUT2D eigenvalue weighted by atomic mass is 10.1. The van der Waals surface area contributed by atoms with Crippen molar-refractivity contribution in [2.75, 3.05) is 0 Å². The maximum Gasteiger partial charge on any atom is 0.243 e. The Hall–Kier alpha value is -0.900. The Labute approximate surface area is 84.9 Å². The molecule has 1 rings (SSSR count). The summed E-state index contributed by atoms with van der Waals surface area (Å²) >= 11 is 0. The first kappa shape index (κ1) is 11.2. The summed E-state index contributed by atoms with van der Waals surface area (Å²) in [5.74, 6) is 1.97. The van der Waals surface area contributed by atoms with Gasteiger partial charge in [-0.05, 0) is 12.3 Å². The Bertz CT molecular complexity index is 283. The van der Waals surface area contributed by atoms with Crippen molar-refractivity contribution in [3.8, 4) is 0 Å². The molecule has 0 saturated carbocycles. The Morgan fingerprint density at radius 1 is 1.36 bits per heavy atom. The molecule has 0 bridgehead atoms. The fourth-order valence-electron chi connectivity index (χ4n) is 1.05. The van der Waals surface area contributed by atoms with Crippen molar-refractivity contribution in [2.24, 2.45) is 11.7 Å². The molecule has 80 valence electrons. The van der Waals surface area contributed by atoms with Gasteiger partial charge in [0.15, 0.2) is 5.82 Å². The van der Waals surface area contributed by atoms with Gasteiger partial charge in [-0.25, -0.2) is 0 Å². The van der Waals surface area contributed by atoms with Crippen molar-refractivity contribution in [3.63, 3.8) is 0 Å². The SMILES string of the molecule is CCC(C)c1noc([C@H](N)C(C)C)n1. The minimum absolute atomic E-state index is 0.152. The van der Waals surface area contributed by atoms with Crippen molar-refractivity contribution in [3.05, 3.63) is 11.7 Å². The molecule has 0 saturated heterocycles. The first-order valence-corrected chi connectivity index (χ1v) is 5.15. The highest BCUT2D eigenvalue weighted by molar-refractivity contribution is 4.97. The summed E-state index contributed by atoms with van der Waals surface area (Å²) in [6.45, 7) is 8.26. The van der Waals surface area contributed by atoms with Gasteiger partial charge in [-0.2, -0.15) is 4.98 Å². The molecule has 2 atom stereocenters. The van der Waals surface area contributed by atoms with E-state index in [2.05, 4.69) is 24.0 Å². The van der Waals surface area contributed by atoms with Crippen molar-refractivity contribution in [2.45, 2.75) is 46.1 Å². The molecule has 0 aliphatic rings. The topological polar surface area (TPSA) is 64.9 Å². The average molecular weight is 197 g/mol. The molecule has 0 aliphatic carbocycles. The van der Waals surface area contributed by atoms with E-state index in [1.807, 2.05) is 13.8 Å². The van der Waals surface area contributed by atoms with Crippen LogP contribution in [-0.4, -0.2) is 10.1 Å². The molecular formula is C10H19N3O. The predicted molar refractivity (Wildman–Crippen MR) is 54.8 cm³/mol. The van der Waals surface area contributed by atoms with Crippen LogP contribution in [0, 0.1) is 5.92 Å². The van der Waals surface area contributed by atoms with E-state index < -0.39 is 0 Å². The van der Waals surface area contributed by atoms with Gasteiger partial charge >= 0.3 is 0 Å². The summed E-state index contributed by atoms with van der Waals surface area (Å²) in [7, 11) is 0. The summed E-state index contributed by atoms with van der Waals surface area (Å²) in [4.78, 5) is 4.30. The monoisotopic (exact) mass is 197 g/mol. The van der Waals surface area contributed by atoms with Crippen LogP contribution in [0.15, 0.2) is 4.52 Å². The Morgan fingerprint density at radius 3 is 2.50 bits per heavy atom. The molecule has 0 aromatic carbocycles. The van der Waals surface area contributed by atoms with E-state index in [4.69, 9.17) is 10.3 Å². The largest absolute Gasteiger partial charge is 0.338 e. The van der Waals surface area contributed by atoms with Gasteiger partial charge in [-0.3, -0.25) is 0 Å². The van der Waals surface area contributed by atoms with Gasteiger partial charge in [0.2, 0.25) is 5.89 Å². The highest BCUT2D eigenvalue weighted by Crippen LogP contribution is 2.20. The van der Waals surface area contributed by atoms with Gasteiger partial charge in [0, 0.05) is 5.92 Å². The molecule has 1 aromatic heterocycles. The summed E-state index contributed by atoms with van der Waals surface area (Å²) < 4.78 is 5.12. The summed E-state index contributed by atoms with van der Waals surface area (Å²) in [5.41, 5.74) is 5.90. The van der Waals surface area contributed by atoms with Crippen LogP contribution < -0.4 is 5.73 Å². The van der Waals surface area contributed by atoms with E-state index in [0.717, 1.165) is 12.2 Å². The molecule has 0 amide bonds. The van der Waals surface area contributed by atoms with Gasteiger partial charge in [0.05, 0.1) is 6.04 Å². The molecule has 1 unspecified atom stereocenters. The molecule has 1 heterocycles. The van der Waals surface area contributed by atoms with Crippen molar-refractivity contribution < 1.29 is 4.52 Å². The maximum absolute atomic E-state index is 5.90. The third kappa shape index (κ3) is 2.32. The van der Waals surface area contributed by atoms with E-state index in [1.165, 1.54) is 0 Å². The molecule has 0 radical (unpaired) electrons. The van der Waals surface area contributed by atoms with Gasteiger partial charge < -0.3 is 10.3 Å². The molecule has 14 heavy (non-hydrogen) atoms. The number of nitrogens with zero attached hydrogens (tertiary/aromatic N) is 2.